The number of hydrogen-bond acceptors (Lipinski definition) is 4. The number of hydrogen-bond donors (Lipinski definition) is 3. The Balaban J connectivity index is 1.58. The number of anilines is 2. The lowest BCUT2D eigenvalue weighted by Gasteiger charge is -2.13. The molecule has 0 aliphatic rings. The van der Waals surface area contributed by atoms with Crippen molar-refractivity contribution in [2.75, 3.05) is 16.4 Å². The molecule has 32 heavy (non-hydrogen) atoms. The summed E-state index contributed by atoms with van der Waals surface area (Å²) in [6, 6.07) is 19.1. The van der Waals surface area contributed by atoms with Gasteiger partial charge in [-0.15, -0.1) is 11.8 Å². The van der Waals surface area contributed by atoms with E-state index in [4.69, 9.17) is 0 Å². The van der Waals surface area contributed by atoms with Crippen molar-refractivity contribution in [3.8, 4) is 0 Å². The van der Waals surface area contributed by atoms with E-state index >= 15 is 0 Å². The van der Waals surface area contributed by atoms with Gasteiger partial charge in [-0.25, -0.2) is 4.79 Å². The Hall–Kier alpha value is -3.58. The minimum atomic E-state index is -1.16. The molecule has 164 valence electrons. The summed E-state index contributed by atoms with van der Waals surface area (Å²) < 4.78 is 0. The molecule has 6 nitrogen and oxygen atoms in total. The molecule has 0 radical (unpaired) electrons. The average molecular weight is 449 g/mol. The van der Waals surface area contributed by atoms with Crippen molar-refractivity contribution >= 4 is 40.9 Å². The fourth-order valence-electron chi connectivity index (χ4n) is 3.23. The van der Waals surface area contributed by atoms with Crippen molar-refractivity contribution in [2.45, 2.75) is 25.2 Å². The van der Waals surface area contributed by atoms with Crippen LogP contribution in [0.5, 0.6) is 0 Å². The Labute approximate surface area is 191 Å². The van der Waals surface area contributed by atoms with Gasteiger partial charge in [0.1, 0.15) is 0 Å². The molecule has 0 aliphatic heterocycles. The second-order valence-electron chi connectivity index (χ2n) is 7.13. The number of nitrogens with one attached hydrogen (secondary N) is 2. The van der Waals surface area contributed by atoms with E-state index in [2.05, 4.69) is 17.6 Å². The first-order chi connectivity index (χ1) is 15.4. The van der Waals surface area contributed by atoms with Crippen molar-refractivity contribution < 1.29 is 19.5 Å². The third-order valence-electron chi connectivity index (χ3n) is 4.89. The molecular formula is C25H24N2O4S. The Kier molecular flexibility index (Phi) is 7.68. The van der Waals surface area contributed by atoms with Gasteiger partial charge in [-0.1, -0.05) is 37.3 Å². The Morgan fingerprint density at radius 2 is 1.56 bits per heavy atom. The fourth-order valence-corrected chi connectivity index (χ4v) is 3.93. The summed E-state index contributed by atoms with van der Waals surface area (Å²) >= 11 is 1.39. The molecule has 3 aromatic rings. The Bertz CT molecular complexity index is 1140. The molecule has 0 aromatic heterocycles. The van der Waals surface area contributed by atoms with Crippen LogP contribution < -0.4 is 10.6 Å². The first kappa shape index (κ1) is 23.1. The van der Waals surface area contributed by atoms with E-state index in [1.165, 1.54) is 23.9 Å². The van der Waals surface area contributed by atoms with Crippen LogP contribution in [0, 0.1) is 6.92 Å². The molecule has 0 saturated carbocycles. The number of thioether (sulfide) groups is 1. The largest absolute Gasteiger partial charge is 0.478 e. The number of aromatic carboxylic acids is 1. The van der Waals surface area contributed by atoms with E-state index in [0.29, 0.717) is 5.69 Å². The molecule has 3 N–H and O–H groups in total. The van der Waals surface area contributed by atoms with Gasteiger partial charge in [-0.2, -0.15) is 0 Å². The zero-order chi connectivity index (χ0) is 23.1. The summed E-state index contributed by atoms with van der Waals surface area (Å²) in [5, 5.41) is 15.0. The second-order valence-corrected chi connectivity index (χ2v) is 8.18. The third kappa shape index (κ3) is 5.76. The maximum atomic E-state index is 12.5. The lowest BCUT2D eigenvalue weighted by Crippen LogP contribution is -2.16. The molecule has 2 amide bonds. The van der Waals surface area contributed by atoms with Gasteiger partial charge in [0.05, 0.1) is 16.9 Å². The highest BCUT2D eigenvalue weighted by Crippen LogP contribution is 2.24. The van der Waals surface area contributed by atoms with Gasteiger partial charge in [-0.3, -0.25) is 9.59 Å². The van der Waals surface area contributed by atoms with E-state index < -0.39 is 11.9 Å². The fraction of sp³-hybridized carbons (Fsp3) is 0.160. The van der Waals surface area contributed by atoms with Crippen LogP contribution in [-0.4, -0.2) is 28.6 Å². The van der Waals surface area contributed by atoms with Crippen LogP contribution in [0.3, 0.4) is 0 Å². The molecule has 7 heteroatoms. The lowest BCUT2D eigenvalue weighted by molar-refractivity contribution is -0.113. The molecule has 0 unspecified atom stereocenters. The standard InChI is InChI=1S/C25H24N2O4S/c1-3-17-8-6-7-16(2)23(17)27-22(28)15-32-19-13-11-18(12-14-19)26-24(29)20-9-4-5-10-21(20)25(30)31/h4-14H,3,15H2,1-2H3,(H,26,29)(H,27,28)(H,30,31). The summed E-state index contributed by atoms with van der Waals surface area (Å²) in [6.45, 7) is 4.03. The van der Waals surface area contributed by atoms with E-state index in [1.807, 2.05) is 37.3 Å². The van der Waals surface area contributed by atoms with Gasteiger partial charge in [0.15, 0.2) is 0 Å². The van der Waals surface area contributed by atoms with Crippen molar-refractivity contribution in [3.63, 3.8) is 0 Å². The molecule has 3 aromatic carbocycles. The number of rotatable bonds is 8. The predicted octanol–water partition coefficient (Wildman–Crippen LogP) is 5.24. The van der Waals surface area contributed by atoms with Crippen molar-refractivity contribution in [3.05, 3.63) is 89.0 Å². The normalized spacial score (nSPS) is 10.4. The van der Waals surface area contributed by atoms with Gasteiger partial charge in [-0.05, 0) is 60.9 Å². The number of amides is 2. The van der Waals surface area contributed by atoms with E-state index in [9.17, 15) is 19.5 Å². The van der Waals surface area contributed by atoms with Crippen LogP contribution in [0.15, 0.2) is 71.6 Å². The molecular weight excluding hydrogens is 424 g/mol. The summed E-state index contributed by atoms with van der Waals surface area (Å²) in [6.07, 6.45) is 0.842. The average Bonchev–Trinajstić information content (AvgIpc) is 2.79. The highest BCUT2D eigenvalue weighted by atomic mass is 32.2. The van der Waals surface area contributed by atoms with Crippen LogP contribution in [0.4, 0.5) is 11.4 Å². The van der Waals surface area contributed by atoms with Crippen LogP contribution in [0.1, 0.15) is 38.8 Å². The Morgan fingerprint density at radius 3 is 2.22 bits per heavy atom. The number of carboxylic acids is 1. The molecule has 3 rings (SSSR count). The number of carbonyl (C=O) groups is 3. The smallest absolute Gasteiger partial charge is 0.336 e. The number of para-hydroxylation sites is 1. The minimum Gasteiger partial charge on any atom is -0.478 e. The van der Waals surface area contributed by atoms with E-state index in [1.54, 1.807) is 24.3 Å². The summed E-state index contributed by atoms with van der Waals surface area (Å²) in [5.74, 6) is -1.47. The van der Waals surface area contributed by atoms with Crippen molar-refractivity contribution in [1.82, 2.24) is 0 Å². The number of aryl methyl sites for hydroxylation is 2. The molecule has 0 saturated heterocycles. The molecule has 0 fully saturated rings. The minimum absolute atomic E-state index is 0.0527. The maximum Gasteiger partial charge on any atom is 0.336 e. The Morgan fingerprint density at radius 1 is 0.875 bits per heavy atom. The number of carboxylic acid groups (broad SMARTS) is 1. The SMILES string of the molecule is CCc1cccc(C)c1NC(=O)CSc1ccc(NC(=O)c2ccccc2C(=O)O)cc1. The second kappa shape index (κ2) is 10.6. The van der Waals surface area contributed by atoms with Crippen LogP contribution in [0.2, 0.25) is 0 Å². The molecule has 0 bridgehead atoms. The number of benzene rings is 3. The van der Waals surface area contributed by atoms with Crippen LogP contribution in [-0.2, 0) is 11.2 Å². The highest BCUT2D eigenvalue weighted by Gasteiger charge is 2.16. The topological polar surface area (TPSA) is 95.5 Å². The quantitative estimate of drug-likeness (QED) is 0.410. The summed E-state index contributed by atoms with van der Waals surface area (Å²) in [5.41, 5.74) is 3.60. The molecule has 0 heterocycles. The first-order valence-corrected chi connectivity index (χ1v) is 11.1. The van der Waals surface area contributed by atoms with Gasteiger partial charge in [0.25, 0.3) is 5.91 Å². The van der Waals surface area contributed by atoms with Crippen molar-refractivity contribution in [1.29, 1.82) is 0 Å². The van der Waals surface area contributed by atoms with Gasteiger partial charge < -0.3 is 15.7 Å². The third-order valence-corrected chi connectivity index (χ3v) is 5.90. The highest BCUT2D eigenvalue weighted by molar-refractivity contribution is 8.00. The molecule has 0 atom stereocenters. The van der Waals surface area contributed by atoms with Crippen molar-refractivity contribution in [2.24, 2.45) is 0 Å². The van der Waals surface area contributed by atoms with Gasteiger partial charge >= 0.3 is 5.97 Å². The zero-order valence-corrected chi connectivity index (χ0v) is 18.7. The predicted molar refractivity (Wildman–Crippen MR) is 128 cm³/mol. The zero-order valence-electron chi connectivity index (χ0n) is 17.8. The molecule has 0 spiro atoms. The maximum absolute atomic E-state index is 12.5. The van der Waals surface area contributed by atoms with Crippen LogP contribution >= 0.6 is 11.8 Å². The van der Waals surface area contributed by atoms with E-state index in [0.717, 1.165) is 28.1 Å². The summed E-state index contributed by atoms with van der Waals surface area (Å²) in [4.78, 5) is 37.1. The van der Waals surface area contributed by atoms with E-state index in [-0.39, 0.29) is 22.8 Å². The van der Waals surface area contributed by atoms with Crippen LogP contribution in [0.25, 0.3) is 0 Å². The van der Waals surface area contributed by atoms with Gasteiger partial charge in [0.2, 0.25) is 5.91 Å². The molecule has 0 aliphatic carbocycles. The lowest BCUT2D eigenvalue weighted by atomic mass is 10.1. The first-order valence-electron chi connectivity index (χ1n) is 10.1. The monoisotopic (exact) mass is 448 g/mol. The number of carbonyl (C=O) groups excluding carboxylic acids is 2. The summed E-state index contributed by atoms with van der Waals surface area (Å²) in [7, 11) is 0. The van der Waals surface area contributed by atoms with Gasteiger partial charge in [0, 0.05) is 16.3 Å².